The molecule has 2 saturated carbocycles. The fourth-order valence-electron chi connectivity index (χ4n) is 6.36. The molecule has 6 unspecified atom stereocenters. The van der Waals surface area contributed by atoms with Crippen molar-refractivity contribution < 1.29 is 0 Å². The van der Waals surface area contributed by atoms with Gasteiger partial charge >= 0.3 is 0 Å². The van der Waals surface area contributed by atoms with Gasteiger partial charge in [0.2, 0.25) is 0 Å². The van der Waals surface area contributed by atoms with Crippen molar-refractivity contribution in [1.82, 2.24) is 0 Å². The van der Waals surface area contributed by atoms with Crippen molar-refractivity contribution in [3.63, 3.8) is 0 Å². The van der Waals surface area contributed by atoms with Crippen LogP contribution in [0.3, 0.4) is 0 Å². The lowest BCUT2D eigenvalue weighted by Gasteiger charge is -2.53. The van der Waals surface area contributed by atoms with Crippen LogP contribution in [0.2, 0.25) is 0 Å². The summed E-state index contributed by atoms with van der Waals surface area (Å²) < 4.78 is 0. The molecule has 21 heavy (non-hydrogen) atoms. The highest BCUT2D eigenvalue weighted by Gasteiger charge is 2.55. The first-order valence-electron chi connectivity index (χ1n) is 9.75. The molecule has 0 heterocycles. The Morgan fingerprint density at radius 1 is 1.10 bits per heavy atom. The Morgan fingerprint density at radius 2 is 1.76 bits per heavy atom. The third-order valence-corrected chi connectivity index (χ3v) is 7.58. The molecule has 0 saturated heterocycles. The predicted octanol–water partition coefficient (Wildman–Crippen LogP) is 6.94. The first-order chi connectivity index (χ1) is 9.75. The maximum Gasteiger partial charge on any atom is -0.0264 e. The van der Waals surface area contributed by atoms with Gasteiger partial charge in [0.05, 0.1) is 0 Å². The minimum Gasteiger partial charge on any atom is -0.0654 e. The molecule has 0 heteroatoms. The van der Waals surface area contributed by atoms with Crippen LogP contribution in [0.15, 0.2) is 0 Å². The van der Waals surface area contributed by atoms with Gasteiger partial charge in [-0.25, -0.2) is 0 Å². The lowest BCUT2D eigenvalue weighted by Crippen LogP contribution is -2.46. The summed E-state index contributed by atoms with van der Waals surface area (Å²) in [5.74, 6) is 4.87. The third kappa shape index (κ3) is 3.06. The van der Waals surface area contributed by atoms with Gasteiger partial charge in [-0.2, -0.15) is 0 Å². The van der Waals surface area contributed by atoms with Crippen LogP contribution in [0.25, 0.3) is 0 Å². The lowest BCUT2D eigenvalue weighted by atomic mass is 9.52. The largest absolute Gasteiger partial charge is 0.0654 e. The topological polar surface area (TPSA) is 0 Å². The Hall–Kier alpha value is 0. The van der Waals surface area contributed by atoms with Gasteiger partial charge in [0.25, 0.3) is 0 Å². The molecular weight excluding hydrogens is 252 g/mol. The van der Waals surface area contributed by atoms with Gasteiger partial charge in [0, 0.05) is 0 Å². The number of hydrogen-bond acceptors (Lipinski definition) is 0. The van der Waals surface area contributed by atoms with Crippen LogP contribution in [0, 0.1) is 40.4 Å². The van der Waals surface area contributed by atoms with Crippen molar-refractivity contribution in [2.75, 3.05) is 0 Å². The monoisotopic (exact) mass is 292 g/mol. The van der Waals surface area contributed by atoms with Crippen LogP contribution in [-0.4, -0.2) is 0 Å². The summed E-state index contributed by atoms with van der Waals surface area (Å²) in [6.45, 7) is 17.4. The maximum atomic E-state index is 2.67. The lowest BCUT2D eigenvalue weighted by molar-refractivity contribution is -0.0419. The molecule has 0 aromatic carbocycles. The smallest absolute Gasteiger partial charge is 0.0264 e. The van der Waals surface area contributed by atoms with E-state index in [0.29, 0.717) is 10.8 Å². The van der Waals surface area contributed by atoms with Gasteiger partial charge in [0.1, 0.15) is 0 Å². The van der Waals surface area contributed by atoms with E-state index in [1.54, 1.807) is 0 Å². The summed E-state index contributed by atoms with van der Waals surface area (Å²) >= 11 is 0. The second-order valence-electron chi connectivity index (χ2n) is 9.65. The minimum atomic E-state index is 0.496. The van der Waals surface area contributed by atoms with Crippen LogP contribution >= 0.6 is 0 Å². The molecule has 0 aliphatic heterocycles. The molecule has 2 aliphatic rings. The normalized spacial score (nSPS) is 41.9. The first kappa shape index (κ1) is 17.4. The average molecular weight is 293 g/mol. The van der Waals surface area contributed by atoms with E-state index in [2.05, 4.69) is 48.5 Å². The van der Waals surface area contributed by atoms with Gasteiger partial charge in [-0.15, -0.1) is 0 Å². The van der Waals surface area contributed by atoms with E-state index in [4.69, 9.17) is 0 Å². The van der Waals surface area contributed by atoms with Crippen molar-refractivity contribution in [2.45, 2.75) is 93.4 Å². The van der Waals surface area contributed by atoms with Crippen LogP contribution in [-0.2, 0) is 0 Å². The molecule has 2 aliphatic carbocycles. The Balaban J connectivity index is 2.26. The highest BCUT2D eigenvalue weighted by molar-refractivity contribution is 5.04. The molecule has 0 amide bonds. The molecule has 0 N–H and O–H groups in total. The van der Waals surface area contributed by atoms with Crippen LogP contribution in [0.5, 0.6) is 0 Å². The van der Waals surface area contributed by atoms with Gasteiger partial charge < -0.3 is 0 Å². The summed E-state index contributed by atoms with van der Waals surface area (Å²) in [5, 5.41) is 0. The quantitative estimate of drug-likeness (QED) is 0.526. The Kier molecular flexibility index (Phi) is 5.16. The molecule has 0 radical (unpaired) electrons. The van der Waals surface area contributed by atoms with Gasteiger partial charge in [0.15, 0.2) is 0 Å². The highest BCUT2D eigenvalue weighted by atomic mass is 14.6. The van der Waals surface area contributed by atoms with E-state index >= 15 is 0 Å². The van der Waals surface area contributed by atoms with Gasteiger partial charge in [-0.3, -0.25) is 0 Å². The molecule has 0 spiro atoms. The molecule has 124 valence electrons. The van der Waals surface area contributed by atoms with Crippen LogP contribution in [0.1, 0.15) is 93.4 Å². The minimum absolute atomic E-state index is 0.496. The van der Waals surface area contributed by atoms with Crippen LogP contribution < -0.4 is 0 Å². The van der Waals surface area contributed by atoms with E-state index in [1.165, 1.54) is 44.9 Å². The van der Waals surface area contributed by atoms with Crippen molar-refractivity contribution >= 4 is 0 Å². The van der Waals surface area contributed by atoms with Crippen molar-refractivity contribution in [3.8, 4) is 0 Å². The molecule has 0 nitrogen and oxygen atoms in total. The maximum absolute atomic E-state index is 2.67. The third-order valence-electron chi connectivity index (χ3n) is 7.58. The second-order valence-corrected chi connectivity index (χ2v) is 9.65. The van der Waals surface area contributed by atoms with Crippen LogP contribution in [0.4, 0.5) is 0 Å². The van der Waals surface area contributed by atoms with E-state index in [-0.39, 0.29) is 0 Å². The first-order valence-corrected chi connectivity index (χ1v) is 9.75. The summed E-state index contributed by atoms with van der Waals surface area (Å²) in [4.78, 5) is 0. The summed E-state index contributed by atoms with van der Waals surface area (Å²) in [6, 6.07) is 0. The number of rotatable bonds is 4. The fraction of sp³-hybridized carbons (Fsp3) is 1.00. The number of hydrogen-bond donors (Lipinski definition) is 0. The molecule has 0 aromatic rings. The zero-order valence-electron chi connectivity index (χ0n) is 15.8. The van der Waals surface area contributed by atoms with E-state index < -0.39 is 0 Å². The average Bonchev–Trinajstić information content (AvgIpc) is 2.74. The Bertz CT molecular complexity index is 336. The van der Waals surface area contributed by atoms with Crippen molar-refractivity contribution in [3.05, 3.63) is 0 Å². The fourth-order valence-corrected chi connectivity index (χ4v) is 6.36. The van der Waals surface area contributed by atoms with E-state index in [0.717, 1.165) is 29.6 Å². The van der Waals surface area contributed by atoms with Gasteiger partial charge in [-0.05, 0) is 66.1 Å². The van der Waals surface area contributed by atoms with E-state index in [1.807, 2.05) is 0 Å². The Labute approximate surface area is 134 Å². The van der Waals surface area contributed by atoms with Gasteiger partial charge in [-0.1, -0.05) is 67.7 Å². The van der Waals surface area contributed by atoms with E-state index in [9.17, 15) is 0 Å². The second kappa shape index (κ2) is 6.25. The van der Waals surface area contributed by atoms with Crippen molar-refractivity contribution in [1.29, 1.82) is 0 Å². The Morgan fingerprint density at radius 3 is 2.29 bits per heavy atom. The summed E-state index contributed by atoms with van der Waals surface area (Å²) in [5.41, 5.74) is 1.15. The SMILES string of the molecule is CCCC1C(C(C)(C)C)CCC2(C)C(C(C)CC)CCC12. The summed E-state index contributed by atoms with van der Waals surface area (Å²) in [6.07, 6.45) is 10.2. The standard InChI is InChI=1S/C21H40/c1-8-10-16-18(20(4,5)6)13-14-21(7)17(15(3)9-2)11-12-19(16)21/h15-19H,8-14H2,1-7H3. The molecule has 6 atom stereocenters. The molecule has 0 aromatic heterocycles. The number of fused-ring (bicyclic) bond motifs is 1. The zero-order valence-corrected chi connectivity index (χ0v) is 15.8. The van der Waals surface area contributed by atoms with Crippen molar-refractivity contribution in [2.24, 2.45) is 40.4 Å². The zero-order chi connectivity index (χ0) is 15.8. The predicted molar refractivity (Wildman–Crippen MR) is 94.4 cm³/mol. The summed E-state index contributed by atoms with van der Waals surface area (Å²) in [7, 11) is 0. The molecular formula is C21H40. The highest BCUT2D eigenvalue weighted by Crippen LogP contribution is 2.63. The molecule has 0 bridgehead atoms. The molecule has 2 fully saturated rings. The molecule has 2 rings (SSSR count).